The second-order valence-electron chi connectivity index (χ2n) is 5.25. The normalized spacial score (nSPS) is 15.7. The van der Waals surface area contributed by atoms with Gasteiger partial charge < -0.3 is 10.6 Å². The minimum Gasteiger partial charge on any atom is -0.351 e. The van der Waals surface area contributed by atoms with Crippen LogP contribution in [0.2, 0.25) is 0 Å². The Balaban J connectivity index is 0.00000264. The molecule has 1 aliphatic heterocycles. The fourth-order valence-electron chi connectivity index (χ4n) is 2.44. The summed E-state index contributed by atoms with van der Waals surface area (Å²) in [7, 11) is -3.40. The van der Waals surface area contributed by atoms with Crippen molar-refractivity contribution >= 4 is 28.2 Å². The van der Waals surface area contributed by atoms with E-state index in [1.54, 1.807) is 25.1 Å². The number of nitrogens with one attached hydrogen (secondary N) is 2. The van der Waals surface area contributed by atoms with Crippen LogP contribution >= 0.6 is 12.4 Å². The first kappa shape index (κ1) is 19.9. The molecule has 1 aromatic rings. The van der Waals surface area contributed by atoms with Gasteiger partial charge in [-0.05, 0) is 12.1 Å². The minimum absolute atomic E-state index is 0. The highest BCUT2D eigenvalue weighted by Crippen LogP contribution is 2.16. The number of amides is 1. The summed E-state index contributed by atoms with van der Waals surface area (Å²) in [6, 6.07) is 6.37. The van der Waals surface area contributed by atoms with Crippen molar-refractivity contribution in [3.63, 3.8) is 0 Å². The fraction of sp³-hybridized carbons (Fsp3) is 0.533. The van der Waals surface area contributed by atoms with Gasteiger partial charge >= 0.3 is 0 Å². The summed E-state index contributed by atoms with van der Waals surface area (Å²) in [6.07, 6.45) is 0. The van der Waals surface area contributed by atoms with E-state index in [-0.39, 0.29) is 34.5 Å². The molecule has 2 N–H and O–H groups in total. The largest absolute Gasteiger partial charge is 0.351 e. The molecule has 0 radical (unpaired) electrons. The lowest BCUT2D eigenvalue weighted by Crippen LogP contribution is -2.46. The van der Waals surface area contributed by atoms with E-state index < -0.39 is 9.84 Å². The molecular weight excluding hydrogens is 338 g/mol. The third-order valence-corrected chi connectivity index (χ3v) is 5.56. The molecule has 1 aromatic carbocycles. The Kier molecular flexibility index (Phi) is 7.98. The van der Waals surface area contributed by atoms with E-state index in [9.17, 15) is 13.2 Å². The molecule has 130 valence electrons. The zero-order valence-corrected chi connectivity index (χ0v) is 14.9. The van der Waals surface area contributed by atoms with Crippen molar-refractivity contribution in [1.29, 1.82) is 0 Å². The zero-order valence-electron chi connectivity index (χ0n) is 13.2. The summed E-state index contributed by atoms with van der Waals surface area (Å²) in [6.45, 7) is 6.73. The fourth-order valence-corrected chi connectivity index (χ4v) is 3.53. The quantitative estimate of drug-likeness (QED) is 0.773. The van der Waals surface area contributed by atoms with Crippen LogP contribution in [-0.4, -0.2) is 64.2 Å². The maximum Gasteiger partial charge on any atom is 0.252 e. The molecule has 6 nitrogen and oxygen atoms in total. The summed E-state index contributed by atoms with van der Waals surface area (Å²) in [4.78, 5) is 14.6. The maximum absolute atomic E-state index is 12.3. The molecule has 8 heteroatoms. The van der Waals surface area contributed by atoms with Crippen LogP contribution in [-0.2, 0) is 9.84 Å². The minimum atomic E-state index is -3.40. The van der Waals surface area contributed by atoms with Crippen molar-refractivity contribution in [2.24, 2.45) is 0 Å². The number of halogens is 1. The average Bonchev–Trinajstić information content (AvgIpc) is 2.55. The highest BCUT2D eigenvalue weighted by molar-refractivity contribution is 7.91. The smallest absolute Gasteiger partial charge is 0.252 e. The van der Waals surface area contributed by atoms with Crippen molar-refractivity contribution < 1.29 is 13.2 Å². The van der Waals surface area contributed by atoms with Crippen molar-refractivity contribution in [2.75, 3.05) is 45.0 Å². The molecule has 1 amide bonds. The molecule has 23 heavy (non-hydrogen) atoms. The number of carbonyl (C=O) groups is 1. The lowest BCUT2D eigenvalue weighted by molar-refractivity contribution is 0.0944. The van der Waals surface area contributed by atoms with Gasteiger partial charge in [-0.25, -0.2) is 8.42 Å². The van der Waals surface area contributed by atoms with E-state index in [1.165, 1.54) is 6.07 Å². The van der Waals surface area contributed by atoms with Crippen molar-refractivity contribution in [1.82, 2.24) is 15.5 Å². The Morgan fingerprint density at radius 3 is 2.57 bits per heavy atom. The summed E-state index contributed by atoms with van der Waals surface area (Å²) >= 11 is 0. The van der Waals surface area contributed by atoms with Gasteiger partial charge in [-0.15, -0.1) is 12.4 Å². The highest BCUT2D eigenvalue weighted by atomic mass is 35.5. The van der Waals surface area contributed by atoms with E-state index >= 15 is 0 Å². The van der Waals surface area contributed by atoms with Gasteiger partial charge in [0.15, 0.2) is 9.84 Å². The molecule has 1 heterocycles. The molecular formula is C15H24ClN3O3S. The first-order valence-corrected chi connectivity index (χ1v) is 9.23. The topological polar surface area (TPSA) is 78.5 Å². The van der Waals surface area contributed by atoms with E-state index in [0.29, 0.717) is 6.54 Å². The number of carbonyl (C=O) groups excluding carboxylic acids is 1. The number of rotatable bonds is 6. The molecule has 0 spiro atoms. The molecule has 2 rings (SSSR count). The molecule has 0 aromatic heterocycles. The first-order valence-electron chi connectivity index (χ1n) is 7.57. The lowest BCUT2D eigenvalue weighted by atomic mass is 10.2. The first-order chi connectivity index (χ1) is 10.5. The van der Waals surface area contributed by atoms with E-state index in [2.05, 4.69) is 15.5 Å². The average molecular weight is 362 g/mol. The second kappa shape index (κ2) is 9.22. The number of hydrogen-bond acceptors (Lipinski definition) is 5. The van der Waals surface area contributed by atoms with Gasteiger partial charge in [0, 0.05) is 39.3 Å². The standard InChI is InChI=1S/C15H23N3O3S.ClH/c1-2-22(20,21)14-6-4-3-5-13(14)15(19)17-9-12-18-10-7-16-8-11-18;/h3-6,16H,2,7-12H2,1H3,(H,17,19);1H. The van der Waals surface area contributed by atoms with Crippen LogP contribution in [0.25, 0.3) is 0 Å². The second-order valence-corrected chi connectivity index (χ2v) is 7.49. The third-order valence-electron chi connectivity index (χ3n) is 3.77. The molecule has 0 unspecified atom stereocenters. The predicted molar refractivity (Wildman–Crippen MR) is 93.1 cm³/mol. The summed E-state index contributed by atoms with van der Waals surface area (Å²) in [5.41, 5.74) is 0.227. The molecule has 1 fully saturated rings. The Bertz CT molecular complexity index is 616. The van der Waals surface area contributed by atoms with E-state index in [0.717, 1.165) is 32.7 Å². The molecule has 0 atom stereocenters. The maximum atomic E-state index is 12.3. The van der Waals surface area contributed by atoms with Gasteiger partial charge in [-0.2, -0.15) is 0 Å². The van der Waals surface area contributed by atoms with E-state index in [1.807, 2.05) is 0 Å². The molecule has 0 aliphatic carbocycles. The SMILES string of the molecule is CCS(=O)(=O)c1ccccc1C(=O)NCCN1CCNCC1.Cl. The molecule has 0 bridgehead atoms. The Hall–Kier alpha value is -1.15. The van der Waals surface area contributed by atoms with Gasteiger partial charge in [-0.1, -0.05) is 19.1 Å². The number of piperazine rings is 1. The van der Waals surface area contributed by atoms with Gasteiger partial charge in [-0.3, -0.25) is 9.69 Å². The van der Waals surface area contributed by atoms with E-state index in [4.69, 9.17) is 0 Å². The van der Waals surface area contributed by atoms with Crippen LogP contribution < -0.4 is 10.6 Å². The zero-order chi connectivity index (χ0) is 16.0. The van der Waals surface area contributed by atoms with Crippen LogP contribution in [0, 0.1) is 0 Å². The molecule has 0 saturated carbocycles. The van der Waals surface area contributed by atoms with Gasteiger partial charge in [0.05, 0.1) is 16.2 Å². The van der Waals surface area contributed by atoms with Crippen LogP contribution in [0.3, 0.4) is 0 Å². The summed E-state index contributed by atoms with van der Waals surface area (Å²) in [5.74, 6) is -0.347. The third kappa shape index (κ3) is 5.46. The molecule has 1 saturated heterocycles. The predicted octanol–water partition coefficient (Wildman–Crippen LogP) is 0.537. The van der Waals surface area contributed by atoms with Crippen LogP contribution in [0.1, 0.15) is 17.3 Å². The Morgan fingerprint density at radius 2 is 1.91 bits per heavy atom. The monoisotopic (exact) mass is 361 g/mol. The Labute approximate surface area is 144 Å². The van der Waals surface area contributed by atoms with Crippen LogP contribution in [0.4, 0.5) is 0 Å². The van der Waals surface area contributed by atoms with Crippen molar-refractivity contribution in [3.8, 4) is 0 Å². The van der Waals surface area contributed by atoms with Crippen molar-refractivity contribution in [2.45, 2.75) is 11.8 Å². The summed E-state index contributed by atoms with van der Waals surface area (Å²) < 4.78 is 24.1. The molecule has 1 aliphatic rings. The summed E-state index contributed by atoms with van der Waals surface area (Å²) in [5, 5.41) is 6.09. The van der Waals surface area contributed by atoms with Crippen LogP contribution in [0.5, 0.6) is 0 Å². The number of nitrogens with zero attached hydrogens (tertiary/aromatic N) is 1. The number of hydrogen-bond donors (Lipinski definition) is 2. The lowest BCUT2D eigenvalue weighted by Gasteiger charge is -2.27. The number of sulfone groups is 1. The van der Waals surface area contributed by atoms with Crippen molar-refractivity contribution in [3.05, 3.63) is 29.8 Å². The Morgan fingerprint density at radius 1 is 1.26 bits per heavy atom. The van der Waals surface area contributed by atoms with Crippen LogP contribution in [0.15, 0.2) is 29.2 Å². The number of benzene rings is 1. The van der Waals surface area contributed by atoms with Gasteiger partial charge in [0.25, 0.3) is 5.91 Å². The highest BCUT2D eigenvalue weighted by Gasteiger charge is 2.20. The van der Waals surface area contributed by atoms with Gasteiger partial charge in [0.1, 0.15) is 0 Å². The van der Waals surface area contributed by atoms with Gasteiger partial charge in [0.2, 0.25) is 0 Å².